The van der Waals surface area contributed by atoms with Gasteiger partial charge in [-0.1, -0.05) is 30.3 Å². The topological polar surface area (TPSA) is 71.2 Å². The molecule has 7 heteroatoms. The van der Waals surface area contributed by atoms with Crippen LogP contribution in [0.25, 0.3) is 10.6 Å². The van der Waals surface area contributed by atoms with Gasteiger partial charge in [-0.3, -0.25) is 4.90 Å². The first-order valence-electron chi connectivity index (χ1n) is 8.76. The van der Waals surface area contributed by atoms with E-state index in [-0.39, 0.29) is 0 Å². The van der Waals surface area contributed by atoms with Crippen molar-refractivity contribution in [3.05, 3.63) is 53.2 Å². The maximum atomic E-state index is 5.78. The van der Waals surface area contributed by atoms with E-state index >= 15 is 0 Å². The average Bonchev–Trinajstić information content (AvgIpc) is 3.11. The first-order chi connectivity index (χ1) is 12.7. The minimum Gasteiger partial charge on any atom is -0.368 e. The van der Waals surface area contributed by atoms with E-state index in [1.165, 1.54) is 10.4 Å². The molecule has 0 spiro atoms. The molecular weight excluding hydrogens is 344 g/mol. The van der Waals surface area contributed by atoms with E-state index in [1.807, 2.05) is 25.3 Å². The molecule has 0 atom stereocenters. The lowest BCUT2D eigenvalue weighted by Crippen LogP contribution is -2.46. The lowest BCUT2D eigenvalue weighted by Gasteiger charge is -2.35. The summed E-state index contributed by atoms with van der Waals surface area (Å²) in [6.07, 6.45) is 2.01. The van der Waals surface area contributed by atoms with Gasteiger partial charge in [-0.2, -0.15) is 4.98 Å². The van der Waals surface area contributed by atoms with Crippen LogP contribution in [-0.4, -0.2) is 46.0 Å². The van der Waals surface area contributed by atoms with Crippen LogP contribution >= 0.6 is 11.3 Å². The van der Waals surface area contributed by atoms with E-state index in [0.29, 0.717) is 5.95 Å². The number of rotatable bonds is 4. The van der Waals surface area contributed by atoms with Gasteiger partial charge < -0.3 is 10.6 Å². The third-order valence-electron chi connectivity index (χ3n) is 4.51. The van der Waals surface area contributed by atoms with Crippen LogP contribution < -0.4 is 10.6 Å². The van der Waals surface area contributed by atoms with Crippen molar-refractivity contribution in [2.24, 2.45) is 0 Å². The van der Waals surface area contributed by atoms with Crippen LogP contribution in [0.15, 0.2) is 42.6 Å². The smallest absolute Gasteiger partial charge is 0.222 e. The number of nitrogens with zero attached hydrogens (tertiary/aromatic N) is 5. The van der Waals surface area contributed by atoms with Crippen LogP contribution in [0.3, 0.4) is 0 Å². The Morgan fingerprint density at radius 3 is 2.58 bits per heavy atom. The molecule has 2 N–H and O–H groups in total. The van der Waals surface area contributed by atoms with Gasteiger partial charge in [0.25, 0.3) is 0 Å². The SMILES string of the molecule is Cc1cc(N2CCN(Cc3cnc(-c4ccccc4)s3)CC2)nc(N)n1. The molecule has 0 unspecified atom stereocenters. The van der Waals surface area contributed by atoms with Gasteiger partial charge in [0.05, 0.1) is 0 Å². The summed E-state index contributed by atoms with van der Waals surface area (Å²) in [5.41, 5.74) is 7.88. The number of nitrogens with two attached hydrogens (primary N) is 1. The first-order valence-corrected chi connectivity index (χ1v) is 9.57. The molecule has 1 saturated heterocycles. The van der Waals surface area contributed by atoms with E-state index in [9.17, 15) is 0 Å². The van der Waals surface area contributed by atoms with Crippen molar-refractivity contribution in [2.45, 2.75) is 13.5 Å². The molecule has 26 heavy (non-hydrogen) atoms. The lowest BCUT2D eigenvalue weighted by atomic mass is 10.2. The fourth-order valence-electron chi connectivity index (χ4n) is 3.19. The zero-order chi connectivity index (χ0) is 17.9. The van der Waals surface area contributed by atoms with Crippen molar-refractivity contribution in [1.82, 2.24) is 19.9 Å². The summed E-state index contributed by atoms with van der Waals surface area (Å²) in [6, 6.07) is 12.4. The summed E-state index contributed by atoms with van der Waals surface area (Å²) < 4.78 is 0. The van der Waals surface area contributed by atoms with Crippen molar-refractivity contribution in [3.63, 3.8) is 0 Å². The molecule has 3 aromatic rings. The number of piperazine rings is 1. The quantitative estimate of drug-likeness (QED) is 0.766. The van der Waals surface area contributed by atoms with E-state index in [0.717, 1.165) is 49.2 Å². The van der Waals surface area contributed by atoms with Gasteiger partial charge in [0.15, 0.2) is 0 Å². The third kappa shape index (κ3) is 3.84. The zero-order valence-electron chi connectivity index (χ0n) is 14.8. The molecule has 0 radical (unpaired) electrons. The fraction of sp³-hybridized carbons (Fsp3) is 0.316. The molecule has 6 nitrogen and oxygen atoms in total. The number of hydrogen-bond donors (Lipinski definition) is 1. The van der Waals surface area contributed by atoms with Crippen LogP contribution in [0.5, 0.6) is 0 Å². The Morgan fingerprint density at radius 1 is 1.08 bits per heavy atom. The van der Waals surface area contributed by atoms with Gasteiger partial charge in [-0.15, -0.1) is 11.3 Å². The maximum absolute atomic E-state index is 5.78. The summed E-state index contributed by atoms with van der Waals surface area (Å²) in [5, 5.41) is 1.09. The largest absolute Gasteiger partial charge is 0.368 e. The summed E-state index contributed by atoms with van der Waals surface area (Å²) in [7, 11) is 0. The fourth-order valence-corrected chi connectivity index (χ4v) is 4.15. The summed E-state index contributed by atoms with van der Waals surface area (Å²) in [6.45, 7) is 6.79. The zero-order valence-corrected chi connectivity index (χ0v) is 15.6. The van der Waals surface area contributed by atoms with Gasteiger partial charge in [0.1, 0.15) is 10.8 Å². The molecular formula is C19H22N6S. The Labute approximate surface area is 157 Å². The minimum absolute atomic E-state index is 0.348. The molecule has 1 fully saturated rings. The average molecular weight is 366 g/mol. The first kappa shape index (κ1) is 16.9. The Kier molecular flexibility index (Phi) is 4.81. The molecule has 3 heterocycles. The van der Waals surface area contributed by atoms with Gasteiger partial charge in [-0.25, -0.2) is 9.97 Å². The van der Waals surface area contributed by atoms with Crippen molar-refractivity contribution in [2.75, 3.05) is 36.8 Å². The minimum atomic E-state index is 0.348. The van der Waals surface area contributed by atoms with Crippen LogP contribution in [0.1, 0.15) is 10.6 Å². The molecule has 0 aliphatic carbocycles. The molecule has 2 aromatic heterocycles. The van der Waals surface area contributed by atoms with Crippen molar-refractivity contribution < 1.29 is 0 Å². The molecule has 4 rings (SSSR count). The van der Waals surface area contributed by atoms with E-state index in [2.05, 4.69) is 49.0 Å². The predicted molar refractivity (Wildman–Crippen MR) is 106 cm³/mol. The van der Waals surface area contributed by atoms with E-state index in [4.69, 9.17) is 5.73 Å². The summed E-state index contributed by atoms with van der Waals surface area (Å²) >= 11 is 1.78. The maximum Gasteiger partial charge on any atom is 0.222 e. The molecule has 0 saturated carbocycles. The highest BCUT2D eigenvalue weighted by Crippen LogP contribution is 2.26. The van der Waals surface area contributed by atoms with Crippen LogP contribution in [0, 0.1) is 6.92 Å². The monoisotopic (exact) mass is 366 g/mol. The third-order valence-corrected chi connectivity index (χ3v) is 5.54. The lowest BCUT2D eigenvalue weighted by molar-refractivity contribution is 0.251. The van der Waals surface area contributed by atoms with E-state index < -0.39 is 0 Å². The number of aromatic nitrogens is 3. The molecule has 1 aliphatic heterocycles. The van der Waals surface area contributed by atoms with Crippen molar-refractivity contribution in [1.29, 1.82) is 0 Å². The number of hydrogen-bond acceptors (Lipinski definition) is 7. The van der Waals surface area contributed by atoms with Crippen LogP contribution in [0.2, 0.25) is 0 Å². The summed E-state index contributed by atoms with van der Waals surface area (Å²) in [5.74, 6) is 1.28. The highest BCUT2D eigenvalue weighted by molar-refractivity contribution is 7.15. The molecule has 134 valence electrons. The Morgan fingerprint density at radius 2 is 1.85 bits per heavy atom. The van der Waals surface area contributed by atoms with Gasteiger partial charge in [0, 0.05) is 61.1 Å². The van der Waals surface area contributed by atoms with Gasteiger partial charge in [-0.05, 0) is 6.92 Å². The molecule has 1 aromatic carbocycles. The highest BCUT2D eigenvalue weighted by Gasteiger charge is 2.19. The Bertz CT molecular complexity index is 850. The normalized spacial score (nSPS) is 15.3. The summed E-state index contributed by atoms with van der Waals surface area (Å²) in [4.78, 5) is 19.2. The van der Waals surface area contributed by atoms with Gasteiger partial charge in [0.2, 0.25) is 5.95 Å². The van der Waals surface area contributed by atoms with Crippen LogP contribution in [0.4, 0.5) is 11.8 Å². The molecule has 1 aliphatic rings. The highest BCUT2D eigenvalue weighted by atomic mass is 32.1. The number of nitrogen functional groups attached to an aromatic ring is 1. The number of aryl methyl sites for hydroxylation is 1. The Balaban J connectivity index is 1.36. The Hall–Kier alpha value is -2.51. The number of thiazole rings is 1. The molecule has 0 amide bonds. The van der Waals surface area contributed by atoms with Crippen LogP contribution in [-0.2, 0) is 6.54 Å². The number of anilines is 2. The second-order valence-electron chi connectivity index (χ2n) is 6.49. The van der Waals surface area contributed by atoms with Crippen molar-refractivity contribution in [3.8, 4) is 10.6 Å². The van der Waals surface area contributed by atoms with E-state index in [1.54, 1.807) is 11.3 Å². The standard InChI is InChI=1S/C19H22N6S/c1-14-11-17(23-19(20)22-14)25-9-7-24(8-10-25)13-16-12-21-18(26-16)15-5-3-2-4-6-15/h2-6,11-12H,7-10,13H2,1H3,(H2,20,22,23). The number of benzene rings is 1. The second-order valence-corrected chi connectivity index (χ2v) is 7.60. The predicted octanol–water partition coefficient (Wildman–Crippen LogP) is 2.81. The van der Waals surface area contributed by atoms with Gasteiger partial charge >= 0.3 is 0 Å². The molecule has 0 bridgehead atoms. The van der Waals surface area contributed by atoms with Crippen molar-refractivity contribution >= 4 is 23.1 Å². The second kappa shape index (κ2) is 7.39.